The zero-order valence-corrected chi connectivity index (χ0v) is 21.8. The van der Waals surface area contributed by atoms with Crippen molar-refractivity contribution in [3.05, 3.63) is 65.2 Å². The van der Waals surface area contributed by atoms with Crippen LogP contribution in [0.4, 0.5) is 4.79 Å². The van der Waals surface area contributed by atoms with E-state index >= 15 is 0 Å². The predicted molar refractivity (Wildman–Crippen MR) is 141 cm³/mol. The van der Waals surface area contributed by atoms with Crippen LogP contribution in [-0.2, 0) is 0 Å². The Kier molecular flexibility index (Phi) is 7.07. The van der Waals surface area contributed by atoms with E-state index in [-0.39, 0.29) is 29.9 Å². The molecular weight excluding hydrogens is 456 g/mol. The van der Waals surface area contributed by atoms with Gasteiger partial charge in [-0.25, -0.2) is 4.79 Å². The minimum atomic E-state index is -0.000532. The van der Waals surface area contributed by atoms with Gasteiger partial charge in [0.15, 0.2) is 0 Å². The molecule has 7 heteroatoms. The van der Waals surface area contributed by atoms with E-state index in [1.807, 2.05) is 35.0 Å². The molecule has 3 amide bonds. The summed E-state index contributed by atoms with van der Waals surface area (Å²) in [5, 5.41) is 3.00. The van der Waals surface area contributed by atoms with Crippen molar-refractivity contribution in [3.63, 3.8) is 0 Å². The SMILES string of the molecule is CSc1ccc([C@@H](C(C)N2CCC(N3CCCNC3=O)CC2)[C@@H]2c3ccccc3C(=O)N2C)cc1. The molecule has 0 aromatic heterocycles. The number of amides is 3. The van der Waals surface area contributed by atoms with E-state index in [1.165, 1.54) is 10.5 Å². The highest BCUT2D eigenvalue weighted by molar-refractivity contribution is 7.98. The lowest BCUT2D eigenvalue weighted by molar-refractivity contribution is 0.0608. The minimum absolute atomic E-state index is 0.000532. The Bertz CT molecular complexity index is 1070. The Hall–Kier alpha value is -2.51. The molecule has 3 aliphatic rings. The number of likely N-dealkylation sites (tertiary alicyclic amines) is 1. The predicted octanol–water partition coefficient (Wildman–Crippen LogP) is 4.59. The van der Waals surface area contributed by atoms with Gasteiger partial charge in [-0.05, 0) is 61.8 Å². The maximum absolute atomic E-state index is 13.2. The molecule has 0 spiro atoms. The van der Waals surface area contributed by atoms with Crippen molar-refractivity contribution in [2.24, 2.45) is 0 Å². The third kappa shape index (κ3) is 4.56. The summed E-state index contributed by atoms with van der Waals surface area (Å²) in [5.74, 6) is 0.261. The van der Waals surface area contributed by atoms with E-state index < -0.39 is 0 Å². The van der Waals surface area contributed by atoms with Crippen LogP contribution in [0, 0.1) is 0 Å². The maximum Gasteiger partial charge on any atom is 0.317 e. The molecule has 3 atom stereocenters. The summed E-state index contributed by atoms with van der Waals surface area (Å²) in [4.78, 5) is 33.3. The van der Waals surface area contributed by atoms with Gasteiger partial charge in [-0.3, -0.25) is 9.69 Å². The second-order valence-corrected chi connectivity index (χ2v) is 10.9. The summed E-state index contributed by atoms with van der Waals surface area (Å²) in [6, 6.07) is 17.6. The normalized spacial score (nSPS) is 23.2. The second-order valence-electron chi connectivity index (χ2n) is 10.0. The number of benzene rings is 2. The number of urea groups is 1. The molecule has 35 heavy (non-hydrogen) atoms. The van der Waals surface area contributed by atoms with Crippen molar-refractivity contribution in [2.75, 3.05) is 39.5 Å². The third-order valence-corrected chi connectivity index (χ3v) is 8.98. The lowest BCUT2D eigenvalue weighted by atomic mass is 9.81. The van der Waals surface area contributed by atoms with Crippen LogP contribution in [0.1, 0.15) is 59.6 Å². The Morgan fingerprint density at radius 3 is 2.40 bits per heavy atom. The van der Waals surface area contributed by atoms with Crippen molar-refractivity contribution in [3.8, 4) is 0 Å². The van der Waals surface area contributed by atoms with Gasteiger partial charge in [0, 0.05) is 61.7 Å². The van der Waals surface area contributed by atoms with Crippen molar-refractivity contribution < 1.29 is 9.59 Å². The zero-order chi connectivity index (χ0) is 24.5. The molecule has 1 N–H and O–H groups in total. The van der Waals surface area contributed by atoms with Crippen molar-refractivity contribution in [1.82, 2.24) is 20.0 Å². The first-order valence-corrected chi connectivity index (χ1v) is 14.0. The molecular formula is C28H36N4O2S. The van der Waals surface area contributed by atoms with E-state index in [0.29, 0.717) is 6.04 Å². The van der Waals surface area contributed by atoms with Crippen molar-refractivity contribution in [2.45, 2.75) is 55.1 Å². The highest BCUT2D eigenvalue weighted by atomic mass is 32.2. The molecule has 2 fully saturated rings. The van der Waals surface area contributed by atoms with Gasteiger partial charge in [-0.15, -0.1) is 11.8 Å². The largest absolute Gasteiger partial charge is 0.338 e. The summed E-state index contributed by atoms with van der Waals surface area (Å²) in [7, 11) is 1.95. The van der Waals surface area contributed by atoms with Gasteiger partial charge in [-0.2, -0.15) is 0 Å². The average molecular weight is 493 g/mol. The highest BCUT2D eigenvalue weighted by Crippen LogP contribution is 2.45. The van der Waals surface area contributed by atoms with Crippen LogP contribution in [0.3, 0.4) is 0 Å². The zero-order valence-electron chi connectivity index (χ0n) is 20.9. The number of nitrogens with one attached hydrogen (secondary N) is 1. The fourth-order valence-corrected chi connectivity index (χ4v) is 6.70. The minimum Gasteiger partial charge on any atom is -0.338 e. The molecule has 0 bridgehead atoms. The van der Waals surface area contributed by atoms with Gasteiger partial charge in [-0.1, -0.05) is 30.3 Å². The molecule has 0 radical (unpaired) electrons. The Balaban J connectivity index is 1.41. The van der Waals surface area contributed by atoms with E-state index in [2.05, 4.69) is 53.7 Å². The number of carbonyl (C=O) groups is 2. The number of carbonyl (C=O) groups excluding carboxylic acids is 2. The number of hydrogen-bond donors (Lipinski definition) is 1. The van der Waals surface area contributed by atoms with Gasteiger partial charge < -0.3 is 15.1 Å². The van der Waals surface area contributed by atoms with Gasteiger partial charge in [0.05, 0.1) is 6.04 Å². The van der Waals surface area contributed by atoms with E-state index in [9.17, 15) is 9.59 Å². The van der Waals surface area contributed by atoms with Crippen LogP contribution in [0.5, 0.6) is 0 Å². The number of rotatable bonds is 6. The summed E-state index contributed by atoms with van der Waals surface area (Å²) in [6.07, 6.45) is 5.11. The monoisotopic (exact) mass is 492 g/mol. The van der Waals surface area contributed by atoms with Crippen molar-refractivity contribution >= 4 is 23.7 Å². The topological polar surface area (TPSA) is 55.9 Å². The molecule has 1 unspecified atom stereocenters. The van der Waals surface area contributed by atoms with E-state index in [1.54, 1.807) is 11.8 Å². The van der Waals surface area contributed by atoms with Crippen LogP contribution in [0.2, 0.25) is 0 Å². The fourth-order valence-electron chi connectivity index (χ4n) is 6.29. The number of piperidine rings is 1. The van der Waals surface area contributed by atoms with Crippen molar-refractivity contribution in [1.29, 1.82) is 0 Å². The van der Waals surface area contributed by atoms with Gasteiger partial charge in [0.2, 0.25) is 0 Å². The van der Waals surface area contributed by atoms with Gasteiger partial charge in [0.25, 0.3) is 5.91 Å². The quantitative estimate of drug-likeness (QED) is 0.600. The number of nitrogens with zero attached hydrogens (tertiary/aromatic N) is 3. The lowest BCUT2D eigenvalue weighted by Gasteiger charge is -2.45. The number of fused-ring (bicyclic) bond motifs is 1. The molecule has 186 valence electrons. The fraction of sp³-hybridized carbons (Fsp3) is 0.500. The molecule has 2 aromatic rings. The number of likely N-dealkylation sites (N-methyl/N-ethyl adjacent to an activating group) is 1. The molecule has 3 heterocycles. The summed E-state index contributed by atoms with van der Waals surface area (Å²) in [5.41, 5.74) is 3.23. The molecule has 2 saturated heterocycles. The highest BCUT2D eigenvalue weighted by Gasteiger charge is 2.43. The standard InChI is InChI=1S/C28H36N4O2S/c1-19(31-17-13-21(14-18-31)32-16-6-15-29-28(32)34)25(20-9-11-22(35-3)12-10-20)26-23-7-4-5-8-24(23)27(33)30(26)2/h4-5,7-12,19,21,25-26H,6,13-18H2,1-3H3,(H,29,34)/t19?,25-,26+/m1/s1. The summed E-state index contributed by atoms with van der Waals surface area (Å²) < 4.78 is 0. The Labute approximate surface area is 213 Å². The van der Waals surface area contributed by atoms with E-state index in [0.717, 1.165) is 56.6 Å². The molecule has 3 aliphatic heterocycles. The first kappa shape index (κ1) is 24.2. The second kappa shape index (κ2) is 10.2. The molecule has 5 rings (SSSR count). The summed E-state index contributed by atoms with van der Waals surface area (Å²) >= 11 is 1.75. The van der Waals surface area contributed by atoms with E-state index in [4.69, 9.17) is 0 Å². The Morgan fingerprint density at radius 2 is 1.71 bits per heavy atom. The third-order valence-electron chi connectivity index (χ3n) is 8.24. The maximum atomic E-state index is 13.2. The van der Waals surface area contributed by atoms with Crippen LogP contribution in [0.25, 0.3) is 0 Å². The summed E-state index contributed by atoms with van der Waals surface area (Å²) in [6.45, 7) is 5.89. The number of thioether (sulfide) groups is 1. The van der Waals surface area contributed by atoms with Crippen LogP contribution in [-0.4, -0.2) is 78.2 Å². The Morgan fingerprint density at radius 1 is 1.00 bits per heavy atom. The van der Waals surface area contributed by atoms with Gasteiger partial charge >= 0.3 is 6.03 Å². The lowest BCUT2D eigenvalue weighted by Crippen LogP contribution is -2.55. The first-order chi connectivity index (χ1) is 17.0. The average Bonchev–Trinajstić information content (AvgIpc) is 3.15. The number of hydrogen-bond acceptors (Lipinski definition) is 4. The van der Waals surface area contributed by atoms with Crippen LogP contribution in [0.15, 0.2) is 53.4 Å². The molecule has 0 aliphatic carbocycles. The smallest absolute Gasteiger partial charge is 0.317 e. The first-order valence-electron chi connectivity index (χ1n) is 12.8. The van der Waals surface area contributed by atoms with Crippen LogP contribution < -0.4 is 5.32 Å². The molecule has 6 nitrogen and oxygen atoms in total. The molecule has 0 saturated carbocycles. The molecule has 2 aromatic carbocycles. The van der Waals surface area contributed by atoms with Gasteiger partial charge in [0.1, 0.15) is 0 Å². The van der Waals surface area contributed by atoms with Crippen LogP contribution >= 0.6 is 11.8 Å².